The summed E-state index contributed by atoms with van der Waals surface area (Å²) >= 11 is 5.66. The fraction of sp³-hybridized carbons (Fsp3) is 0.222. The van der Waals surface area contributed by atoms with Crippen LogP contribution in [0.15, 0.2) is 18.5 Å². The van der Waals surface area contributed by atoms with Crippen LogP contribution in [-0.4, -0.2) is 24.9 Å². The summed E-state index contributed by atoms with van der Waals surface area (Å²) in [5, 5.41) is 13.4. The lowest BCUT2D eigenvalue weighted by Gasteiger charge is -1.98. The highest BCUT2D eigenvalue weighted by atomic mass is 35.5. The van der Waals surface area contributed by atoms with E-state index in [-0.39, 0.29) is 11.9 Å². The van der Waals surface area contributed by atoms with Crippen molar-refractivity contribution < 1.29 is 5.11 Å². The van der Waals surface area contributed by atoms with E-state index < -0.39 is 0 Å². The van der Waals surface area contributed by atoms with Gasteiger partial charge in [-0.2, -0.15) is 10.1 Å². The van der Waals surface area contributed by atoms with Gasteiger partial charge in [0.15, 0.2) is 5.82 Å². The van der Waals surface area contributed by atoms with E-state index in [0.717, 1.165) is 11.3 Å². The lowest BCUT2D eigenvalue weighted by atomic mass is 10.3. The lowest BCUT2D eigenvalue weighted by Crippen LogP contribution is -1.98. The zero-order valence-corrected chi connectivity index (χ0v) is 8.81. The van der Waals surface area contributed by atoms with Gasteiger partial charge in [0.05, 0.1) is 12.3 Å². The maximum Gasteiger partial charge on any atom is 0.224 e. The molecule has 0 aliphatic heterocycles. The molecule has 0 unspecified atom stereocenters. The Labute approximate surface area is 91.4 Å². The summed E-state index contributed by atoms with van der Waals surface area (Å²) in [6.07, 6.45) is 3.27. The van der Waals surface area contributed by atoms with Gasteiger partial charge in [-0.25, -0.2) is 9.67 Å². The van der Waals surface area contributed by atoms with Crippen LogP contribution in [0.4, 0.5) is 0 Å². The maximum atomic E-state index is 9.02. The SMILES string of the molecule is Cc1nn(-c2ccnc(Cl)n2)cc1CO. The second-order valence-electron chi connectivity index (χ2n) is 3.03. The van der Waals surface area contributed by atoms with Crippen LogP contribution in [0.1, 0.15) is 11.3 Å². The minimum absolute atomic E-state index is 0.0371. The minimum atomic E-state index is -0.0371. The normalized spacial score (nSPS) is 10.6. The summed E-state index contributed by atoms with van der Waals surface area (Å²) in [6, 6.07) is 1.69. The maximum absolute atomic E-state index is 9.02. The Kier molecular flexibility index (Phi) is 2.66. The molecule has 1 N–H and O–H groups in total. The molecule has 15 heavy (non-hydrogen) atoms. The van der Waals surface area contributed by atoms with Gasteiger partial charge in [0.1, 0.15) is 0 Å². The number of aryl methyl sites for hydroxylation is 1. The molecule has 2 heterocycles. The van der Waals surface area contributed by atoms with Crippen molar-refractivity contribution in [3.8, 4) is 5.82 Å². The van der Waals surface area contributed by atoms with Crippen molar-refractivity contribution in [2.75, 3.05) is 0 Å². The number of aliphatic hydroxyl groups is 1. The smallest absolute Gasteiger partial charge is 0.224 e. The molecule has 0 bridgehead atoms. The molecule has 0 amide bonds. The summed E-state index contributed by atoms with van der Waals surface area (Å²) < 4.78 is 1.56. The van der Waals surface area contributed by atoms with Crippen LogP contribution in [0, 0.1) is 6.92 Å². The van der Waals surface area contributed by atoms with Gasteiger partial charge in [0, 0.05) is 24.0 Å². The predicted molar refractivity (Wildman–Crippen MR) is 54.8 cm³/mol. The fourth-order valence-corrected chi connectivity index (χ4v) is 1.36. The minimum Gasteiger partial charge on any atom is -0.392 e. The molecule has 2 rings (SSSR count). The van der Waals surface area contributed by atoms with Gasteiger partial charge in [-0.3, -0.25) is 0 Å². The van der Waals surface area contributed by atoms with Gasteiger partial charge in [-0.15, -0.1) is 0 Å². The number of aromatic nitrogens is 4. The number of hydrogen-bond donors (Lipinski definition) is 1. The second kappa shape index (κ2) is 3.96. The number of nitrogens with zero attached hydrogens (tertiary/aromatic N) is 4. The highest BCUT2D eigenvalue weighted by Crippen LogP contribution is 2.10. The molecular formula is C9H9ClN4O. The van der Waals surface area contributed by atoms with Crippen LogP contribution >= 0.6 is 11.6 Å². The Morgan fingerprint density at radius 3 is 2.93 bits per heavy atom. The first kappa shape index (κ1) is 10.1. The Balaban J connectivity index is 2.45. The van der Waals surface area contributed by atoms with Crippen molar-refractivity contribution in [1.82, 2.24) is 19.7 Å². The van der Waals surface area contributed by atoms with Crippen molar-refractivity contribution in [1.29, 1.82) is 0 Å². The van der Waals surface area contributed by atoms with Gasteiger partial charge in [-0.1, -0.05) is 0 Å². The zero-order chi connectivity index (χ0) is 10.8. The molecule has 0 saturated carbocycles. The third-order valence-electron chi connectivity index (χ3n) is 2.02. The van der Waals surface area contributed by atoms with Gasteiger partial charge in [-0.05, 0) is 18.5 Å². The van der Waals surface area contributed by atoms with Crippen LogP contribution in [0.25, 0.3) is 5.82 Å². The van der Waals surface area contributed by atoms with Gasteiger partial charge in [0.25, 0.3) is 0 Å². The van der Waals surface area contributed by atoms with Crippen LogP contribution < -0.4 is 0 Å². The standard InChI is InChI=1S/C9H9ClN4O/c1-6-7(5-15)4-14(13-6)8-2-3-11-9(10)12-8/h2-4,15H,5H2,1H3. The Morgan fingerprint density at radius 1 is 1.53 bits per heavy atom. The van der Waals surface area contributed by atoms with Crippen molar-refractivity contribution in [3.05, 3.63) is 35.0 Å². The molecule has 0 radical (unpaired) electrons. The summed E-state index contributed by atoms with van der Waals surface area (Å²) in [7, 11) is 0. The molecule has 5 nitrogen and oxygen atoms in total. The lowest BCUT2D eigenvalue weighted by molar-refractivity contribution is 0.281. The molecule has 0 spiro atoms. The summed E-state index contributed by atoms with van der Waals surface area (Å²) in [6.45, 7) is 1.79. The van der Waals surface area contributed by atoms with E-state index >= 15 is 0 Å². The third-order valence-corrected chi connectivity index (χ3v) is 2.20. The first-order chi connectivity index (χ1) is 7.20. The fourth-order valence-electron chi connectivity index (χ4n) is 1.22. The monoisotopic (exact) mass is 224 g/mol. The van der Waals surface area contributed by atoms with Crippen molar-refractivity contribution in [3.63, 3.8) is 0 Å². The number of rotatable bonds is 2. The number of halogens is 1. The molecule has 0 aliphatic carbocycles. The number of aliphatic hydroxyl groups excluding tert-OH is 1. The van der Waals surface area contributed by atoms with Gasteiger partial charge < -0.3 is 5.11 Å². The molecule has 0 fully saturated rings. The molecule has 2 aromatic rings. The molecule has 0 aliphatic rings. The van der Waals surface area contributed by atoms with E-state index in [9.17, 15) is 0 Å². The first-order valence-corrected chi connectivity index (χ1v) is 4.73. The largest absolute Gasteiger partial charge is 0.392 e. The summed E-state index contributed by atoms with van der Waals surface area (Å²) in [4.78, 5) is 7.78. The van der Waals surface area contributed by atoms with E-state index in [1.54, 1.807) is 23.1 Å². The summed E-state index contributed by atoms with van der Waals surface area (Å²) in [5.74, 6) is 0.581. The third kappa shape index (κ3) is 1.98. The quantitative estimate of drug-likeness (QED) is 0.777. The average Bonchev–Trinajstić information content (AvgIpc) is 2.60. The predicted octanol–water partition coefficient (Wildman–Crippen LogP) is 1.12. The van der Waals surface area contributed by atoms with Crippen LogP contribution in [0.5, 0.6) is 0 Å². The Bertz CT molecular complexity index is 483. The van der Waals surface area contributed by atoms with Gasteiger partial charge in [0.2, 0.25) is 5.28 Å². The molecule has 6 heteroatoms. The van der Waals surface area contributed by atoms with E-state index in [2.05, 4.69) is 15.1 Å². The van der Waals surface area contributed by atoms with Crippen molar-refractivity contribution >= 4 is 11.6 Å². The van der Waals surface area contributed by atoms with E-state index in [1.165, 1.54) is 0 Å². The average molecular weight is 225 g/mol. The highest BCUT2D eigenvalue weighted by molar-refractivity contribution is 6.28. The van der Waals surface area contributed by atoms with Crippen LogP contribution in [0.3, 0.4) is 0 Å². The molecule has 0 aromatic carbocycles. The Morgan fingerprint density at radius 2 is 2.33 bits per heavy atom. The van der Waals surface area contributed by atoms with Crippen molar-refractivity contribution in [2.45, 2.75) is 13.5 Å². The molecular weight excluding hydrogens is 216 g/mol. The first-order valence-electron chi connectivity index (χ1n) is 4.35. The van der Waals surface area contributed by atoms with E-state index in [4.69, 9.17) is 16.7 Å². The number of hydrogen-bond acceptors (Lipinski definition) is 4. The molecule has 0 saturated heterocycles. The zero-order valence-electron chi connectivity index (χ0n) is 8.05. The summed E-state index contributed by atoms with van der Waals surface area (Å²) in [5.41, 5.74) is 1.54. The molecule has 2 aromatic heterocycles. The van der Waals surface area contributed by atoms with E-state index in [1.807, 2.05) is 6.92 Å². The van der Waals surface area contributed by atoms with E-state index in [0.29, 0.717) is 5.82 Å². The Hall–Kier alpha value is -1.46. The topological polar surface area (TPSA) is 63.8 Å². The second-order valence-corrected chi connectivity index (χ2v) is 3.36. The van der Waals surface area contributed by atoms with Gasteiger partial charge >= 0.3 is 0 Å². The van der Waals surface area contributed by atoms with Crippen LogP contribution in [0.2, 0.25) is 5.28 Å². The highest BCUT2D eigenvalue weighted by Gasteiger charge is 2.06. The van der Waals surface area contributed by atoms with Crippen LogP contribution in [-0.2, 0) is 6.61 Å². The molecule has 0 atom stereocenters. The molecule has 78 valence electrons. The van der Waals surface area contributed by atoms with Crippen molar-refractivity contribution in [2.24, 2.45) is 0 Å².